The predicted molar refractivity (Wildman–Crippen MR) is 81.2 cm³/mol. The summed E-state index contributed by atoms with van der Waals surface area (Å²) in [6.07, 6.45) is 6.42. The van der Waals surface area contributed by atoms with Gasteiger partial charge in [-0.1, -0.05) is 51.0 Å². The van der Waals surface area contributed by atoms with Crippen molar-refractivity contribution in [1.82, 2.24) is 0 Å². The molecule has 0 aliphatic heterocycles. The zero-order valence-corrected chi connectivity index (χ0v) is 12.6. The summed E-state index contributed by atoms with van der Waals surface area (Å²) >= 11 is 0. The van der Waals surface area contributed by atoms with Crippen LogP contribution in [0.2, 0.25) is 0 Å². The summed E-state index contributed by atoms with van der Waals surface area (Å²) in [6.45, 7) is 6.55. The van der Waals surface area contributed by atoms with Crippen molar-refractivity contribution in [2.75, 3.05) is 0 Å². The molecule has 1 aliphatic carbocycles. The van der Waals surface area contributed by atoms with E-state index in [0.717, 1.165) is 23.3 Å². The maximum absolute atomic E-state index is 9.56. The second kappa shape index (κ2) is 6.56. The first kappa shape index (κ1) is 14.6. The third-order valence-corrected chi connectivity index (χ3v) is 4.90. The van der Waals surface area contributed by atoms with Crippen molar-refractivity contribution in [3.8, 4) is 0 Å². The highest BCUT2D eigenvalue weighted by Crippen LogP contribution is 2.41. The third-order valence-electron chi connectivity index (χ3n) is 4.90. The largest absolute Gasteiger partial charge is 0.389 e. The van der Waals surface area contributed by atoms with Gasteiger partial charge < -0.3 is 5.11 Å². The fraction of sp³-hybridized carbons (Fsp3) is 0.667. The van der Waals surface area contributed by atoms with E-state index >= 15 is 0 Å². The van der Waals surface area contributed by atoms with Gasteiger partial charge in [-0.25, -0.2) is 0 Å². The highest BCUT2D eigenvalue weighted by molar-refractivity contribution is 5.27. The summed E-state index contributed by atoms with van der Waals surface area (Å²) in [7, 11) is 0. The average molecular weight is 260 g/mol. The van der Waals surface area contributed by atoms with Crippen LogP contribution < -0.4 is 0 Å². The van der Waals surface area contributed by atoms with Crippen molar-refractivity contribution in [2.45, 2.75) is 64.9 Å². The predicted octanol–water partition coefficient (Wildman–Crippen LogP) is 5.06. The lowest BCUT2D eigenvalue weighted by molar-refractivity contribution is 0.199. The van der Waals surface area contributed by atoms with E-state index in [4.69, 9.17) is 0 Å². The van der Waals surface area contributed by atoms with E-state index in [9.17, 15) is 5.11 Å². The summed E-state index contributed by atoms with van der Waals surface area (Å²) in [4.78, 5) is 0. The quantitative estimate of drug-likeness (QED) is 0.802. The fourth-order valence-corrected chi connectivity index (χ4v) is 3.61. The lowest BCUT2D eigenvalue weighted by Crippen LogP contribution is -2.21. The number of aliphatic hydroxyl groups excluding tert-OH is 1. The van der Waals surface area contributed by atoms with Crippen LogP contribution in [0, 0.1) is 11.8 Å². The Bertz CT molecular complexity index is 379. The Hall–Kier alpha value is -0.820. The van der Waals surface area contributed by atoms with Crippen LogP contribution in [0.4, 0.5) is 0 Å². The van der Waals surface area contributed by atoms with Crippen LogP contribution in [0.25, 0.3) is 0 Å². The molecule has 0 aromatic heterocycles. The van der Waals surface area contributed by atoms with Crippen LogP contribution in [-0.4, -0.2) is 5.11 Å². The molecule has 1 nitrogen and oxygen atoms in total. The normalized spacial score (nSPS) is 29.2. The second-order valence-electron chi connectivity index (χ2n) is 6.38. The van der Waals surface area contributed by atoms with Gasteiger partial charge in [0.1, 0.15) is 0 Å². The van der Waals surface area contributed by atoms with Gasteiger partial charge in [0.25, 0.3) is 0 Å². The SMILES string of the molecule is CCCC1CCC(c2ccc(C(C)O)cc2)CC1C. The molecule has 1 aromatic rings. The standard InChI is InChI=1S/C18H28O/c1-4-5-15-6-11-18(12-13(15)2)17-9-7-16(8-10-17)14(3)19/h7-10,13-15,18-19H,4-6,11-12H2,1-3H3. The van der Waals surface area contributed by atoms with Crippen molar-refractivity contribution in [2.24, 2.45) is 11.8 Å². The van der Waals surface area contributed by atoms with E-state index in [1.165, 1.54) is 37.7 Å². The van der Waals surface area contributed by atoms with Gasteiger partial charge in [-0.05, 0) is 55.1 Å². The molecule has 1 heteroatoms. The first-order valence-electron chi connectivity index (χ1n) is 7.89. The minimum absolute atomic E-state index is 0.353. The molecule has 1 fully saturated rings. The summed E-state index contributed by atoms with van der Waals surface area (Å²) in [5, 5.41) is 9.56. The van der Waals surface area contributed by atoms with Crippen LogP contribution in [0.1, 0.15) is 76.0 Å². The number of hydrogen-bond donors (Lipinski definition) is 1. The van der Waals surface area contributed by atoms with Crippen molar-refractivity contribution < 1.29 is 5.11 Å². The first-order valence-corrected chi connectivity index (χ1v) is 7.89. The van der Waals surface area contributed by atoms with Crippen LogP contribution >= 0.6 is 0 Å². The topological polar surface area (TPSA) is 20.2 Å². The molecule has 0 radical (unpaired) electrons. The smallest absolute Gasteiger partial charge is 0.0761 e. The van der Waals surface area contributed by atoms with Crippen molar-refractivity contribution in [3.05, 3.63) is 35.4 Å². The van der Waals surface area contributed by atoms with E-state index < -0.39 is 0 Å². The molecule has 19 heavy (non-hydrogen) atoms. The number of hydrogen-bond acceptors (Lipinski definition) is 1. The van der Waals surface area contributed by atoms with Gasteiger partial charge in [-0.2, -0.15) is 0 Å². The summed E-state index contributed by atoms with van der Waals surface area (Å²) in [6, 6.07) is 8.62. The first-order chi connectivity index (χ1) is 9.11. The van der Waals surface area contributed by atoms with Gasteiger partial charge in [0, 0.05) is 0 Å². The Morgan fingerprint density at radius 3 is 2.42 bits per heavy atom. The van der Waals surface area contributed by atoms with Crippen molar-refractivity contribution >= 4 is 0 Å². The number of rotatable bonds is 4. The van der Waals surface area contributed by atoms with Crippen LogP contribution in [-0.2, 0) is 0 Å². The molecule has 4 atom stereocenters. The highest BCUT2D eigenvalue weighted by atomic mass is 16.3. The van der Waals surface area contributed by atoms with Gasteiger partial charge in [-0.15, -0.1) is 0 Å². The molecule has 1 aromatic carbocycles. The summed E-state index contributed by atoms with van der Waals surface area (Å²) in [5.41, 5.74) is 2.49. The van der Waals surface area contributed by atoms with Crippen LogP contribution in [0.3, 0.4) is 0 Å². The molecular weight excluding hydrogens is 232 g/mol. The van der Waals surface area contributed by atoms with Gasteiger partial charge in [0.15, 0.2) is 0 Å². The molecule has 0 heterocycles. The molecule has 0 saturated heterocycles. The molecule has 2 rings (SSSR count). The monoisotopic (exact) mass is 260 g/mol. The molecule has 106 valence electrons. The lowest BCUT2D eigenvalue weighted by Gasteiger charge is -2.34. The molecule has 0 amide bonds. The van der Waals surface area contributed by atoms with Crippen molar-refractivity contribution in [3.63, 3.8) is 0 Å². The van der Waals surface area contributed by atoms with E-state index in [1.807, 2.05) is 6.92 Å². The summed E-state index contributed by atoms with van der Waals surface area (Å²) < 4.78 is 0. The molecule has 0 bridgehead atoms. The van der Waals surface area contributed by atoms with Gasteiger partial charge in [0.2, 0.25) is 0 Å². The Kier molecular flexibility index (Phi) is 5.04. The molecule has 1 aliphatic rings. The van der Waals surface area contributed by atoms with Crippen molar-refractivity contribution in [1.29, 1.82) is 0 Å². The zero-order valence-electron chi connectivity index (χ0n) is 12.6. The minimum Gasteiger partial charge on any atom is -0.389 e. The Balaban J connectivity index is 2.00. The Morgan fingerprint density at radius 2 is 1.89 bits per heavy atom. The molecule has 0 spiro atoms. The molecule has 4 unspecified atom stereocenters. The third kappa shape index (κ3) is 3.60. The van der Waals surface area contributed by atoms with E-state index in [2.05, 4.69) is 38.1 Å². The average Bonchev–Trinajstić information content (AvgIpc) is 2.41. The minimum atomic E-state index is -0.353. The highest BCUT2D eigenvalue weighted by Gasteiger charge is 2.27. The van der Waals surface area contributed by atoms with Gasteiger partial charge in [0.05, 0.1) is 6.10 Å². The molecule has 1 saturated carbocycles. The second-order valence-corrected chi connectivity index (χ2v) is 6.38. The Labute approximate surface area is 118 Å². The molecular formula is C18H28O. The zero-order chi connectivity index (χ0) is 13.8. The fourth-order valence-electron chi connectivity index (χ4n) is 3.61. The van der Waals surface area contributed by atoms with E-state index in [1.54, 1.807) is 0 Å². The van der Waals surface area contributed by atoms with Gasteiger partial charge in [-0.3, -0.25) is 0 Å². The van der Waals surface area contributed by atoms with E-state index in [-0.39, 0.29) is 6.10 Å². The lowest BCUT2D eigenvalue weighted by atomic mass is 9.71. The van der Waals surface area contributed by atoms with Crippen LogP contribution in [0.5, 0.6) is 0 Å². The number of aliphatic hydroxyl groups is 1. The maximum Gasteiger partial charge on any atom is 0.0761 e. The van der Waals surface area contributed by atoms with E-state index in [0.29, 0.717) is 0 Å². The maximum atomic E-state index is 9.56. The molecule has 1 N–H and O–H groups in total. The Morgan fingerprint density at radius 1 is 1.21 bits per heavy atom. The summed E-state index contributed by atoms with van der Waals surface area (Å²) in [5.74, 6) is 2.53. The van der Waals surface area contributed by atoms with Gasteiger partial charge >= 0.3 is 0 Å². The number of benzene rings is 1. The van der Waals surface area contributed by atoms with Crippen LogP contribution in [0.15, 0.2) is 24.3 Å².